The standard InChI is InChI=1S/C17H12F2N2O2/c1-9-7-15(22)21-14-8-10(5-6-11(9)14)20-17(23)16-12(18)3-2-4-13(16)19/h2-8,11H,1H3,(H,21,22). The molecule has 0 saturated carbocycles. The van der Waals surface area contributed by atoms with Crippen molar-refractivity contribution in [3.63, 3.8) is 0 Å². The van der Waals surface area contributed by atoms with E-state index in [9.17, 15) is 18.4 Å². The molecule has 0 aromatic heterocycles. The van der Waals surface area contributed by atoms with Crippen molar-refractivity contribution in [3.8, 4) is 0 Å². The molecule has 4 nitrogen and oxygen atoms in total. The zero-order chi connectivity index (χ0) is 16.6. The largest absolute Gasteiger partial charge is 0.325 e. The number of aliphatic imine (C=N–C) groups is 1. The second kappa shape index (κ2) is 5.72. The highest BCUT2D eigenvalue weighted by Crippen LogP contribution is 2.26. The van der Waals surface area contributed by atoms with Crippen LogP contribution in [0.25, 0.3) is 0 Å². The van der Waals surface area contributed by atoms with E-state index < -0.39 is 23.1 Å². The van der Waals surface area contributed by atoms with E-state index >= 15 is 0 Å². The average Bonchev–Trinajstić information content (AvgIpc) is 2.46. The molecule has 1 N–H and O–H groups in total. The molecule has 1 aromatic rings. The normalized spacial score (nSPS) is 21.4. The second-order valence-corrected chi connectivity index (χ2v) is 5.25. The monoisotopic (exact) mass is 314 g/mol. The number of nitrogens with one attached hydrogen (secondary N) is 1. The SMILES string of the molecule is CC1=CC(=O)NC2=CC(=NC(=O)c3c(F)cccc3F)C=CC12. The molecule has 6 heteroatoms. The fourth-order valence-corrected chi connectivity index (χ4v) is 2.53. The Morgan fingerprint density at radius 2 is 1.91 bits per heavy atom. The van der Waals surface area contributed by atoms with Crippen LogP contribution in [0.15, 0.2) is 58.8 Å². The van der Waals surface area contributed by atoms with Crippen LogP contribution >= 0.6 is 0 Å². The average molecular weight is 314 g/mol. The van der Waals surface area contributed by atoms with Gasteiger partial charge in [-0.25, -0.2) is 13.8 Å². The van der Waals surface area contributed by atoms with Gasteiger partial charge < -0.3 is 5.32 Å². The number of benzene rings is 1. The highest BCUT2D eigenvalue weighted by molar-refractivity contribution is 6.14. The van der Waals surface area contributed by atoms with Crippen LogP contribution in [0.2, 0.25) is 0 Å². The number of amides is 2. The molecule has 23 heavy (non-hydrogen) atoms. The van der Waals surface area contributed by atoms with E-state index in [0.717, 1.165) is 17.7 Å². The molecular formula is C17H12F2N2O2. The molecule has 0 spiro atoms. The number of nitrogens with zero attached hydrogens (tertiary/aromatic N) is 1. The van der Waals surface area contributed by atoms with Gasteiger partial charge in [0.15, 0.2) is 0 Å². The molecule has 0 saturated heterocycles. The number of hydrogen-bond acceptors (Lipinski definition) is 2. The van der Waals surface area contributed by atoms with E-state index in [1.807, 2.05) is 6.92 Å². The van der Waals surface area contributed by atoms with Gasteiger partial charge in [-0.05, 0) is 31.2 Å². The number of fused-ring (bicyclic) bond motifs is 1. The third-order valence-corrected chi connectivity index (χ3v) is 3.62. The summed E-state index contributed by atoms with van der Waals surface area (Å²) >= 11 is 0. The number of rotatable bonds is 1. The summed E-state index contributed by atoms with van der Waals surface area (Å²) in [5.74, 6) is -3.29. The van der Waals surface area contributed by atoms with Gasteiger partial charge in [-0.3, -0.25) is 9.59 Å². The number of carbonyl (C=O) groups excluding carboxylic acids is 2. The highest BCUT2D eigenvalue weighted by Gasteiger charge is 2.24. The maximum Gasteiger partial charge on any atom is 0.283 e. The van der Waals surface area contributed by atoms with E-state index in [1.165, 1.54) is 18.2 Å². The zero-order valence-electron chi connectivity index (χ0n) is 12.1. The highest BCUT2D eigenvalue weighted by atomic mass is 19.1. The van der Waals surface area contributed by atoms with Crippen LogP contribution in [0, 0.1) is 17.6 Å². The summed E-state index contributed by atoms with van der Waals surface area (Å²) in [5, 5.41) is 2.67. The lowest BCUT2D eigenvalue weighted by atomic mass is 9.89. The van der Waals surface area contributed by atoms with E-state index in [-0.39, 0.29) is 17.5 Å². The summed E-state index contributed by atoms with van der Waals surface area (Å²) in [7, 11) is 0. The van der Waals surface area contributed by atoms with Gasteiger partial charge >= 0.3 is 0 Å². The van der Waals surface area contributed by atoms with Gasteiger partial charge in [-0.2, -0.15) is 0 Å². The molecule has 1 atom stereocenters. The summed E-state index contributed by atoms with van der Waals surface area (Å²) in [6, 6.07) is 3.17. The van der Waals surface area contributed by atoms with Crippen molar-refractivity contribution in [3.05, 3.63) is 71.0 Å². The van der Waals surface area contributed by atoms with Gasteiger partial charge in [0.2, 0.25) is 5.91 Å². The first-order valence-electron chi connectivity index (χ1n) is 6.91. The number of allylic oxidation sites excluding steroid dienone is 3. The van der Waals surface area contributed by atoms with Crippen molar-refractivity contribution in [2.75, 3.05) is 0 Å². The zero-order valence-corrected chi connectivity index (χ0v) is 12.1. The molecule has 3 rings (SSSR count). The van der Waals surface area contributed by atoms with Crippen LogP contribution < -0.4 is 5.32 Å². The Balaban J connectivity index is 1.93. The Morgan fingerprint density at radius 1 is 1.22 bits per heavy atom. The van der Waals surface area contributed by atoms with Crippen LogP contribution in [0.4, 0.5) is 8.78 Å². The van der Waals surface area contributed by atoms with Crippen molar-refractivity contribution in [1.29, 1.82) is 0 Å². The number of hydrogen-bond donors (Lipinski definition) is 1. The van der Waals surface area contributed by atoms with Crippen molar-refractivity contribution in [1.82, 2.24) is 5.32 Å². The van der Waals surface area contributed by atoms with E-state index in [4.69, 9.17) is 0 Å². The van der Waals surface area contributed by atoms with Gasteiger partial charge in [0.05, 0.1) is 5.71 Å². The fraction of sp³-hybridized carbons (Fsp3) is 0.118. The van der Waals surface area contributed by atoms with Gasteiger partial charge in [0, 0.05) is 17.7 Å². The molecule has 0 radical (unpaired) electrons. The molecule has 2 aliphatic rings. The summed E-state index contributed by atoms with van der Waals surface area (Å²) in [6.45, 7) is 1.82. The minimum Gasteiger partial charge on any atom is -0.325 e. The summed E-state index contributed by atoms with van der Waals surface area (Å²) in [6.07, 6.45) is 6.37. The molecule has 116 valence electrons. The Kier molecular flexibility index (Phi) is 3.73. The predicted molar refractivity (Wildman–Crippen MR) is 80.7 cm³/mol. The summed E-state index contributed by atoms with van der Waals surface area (Å²) in [5.41, 5.74) is 0.969. The summed E-state index contributed by atoms with van der Waals surface area (Å²) in [4.78, 5) is 27.3. The first kappa shape index (κ1) is 15.0. The minimum absolute atomic E-state index is 0.0908. The topological polar surface area (TPSA) is 58.5 Å². The second-order valence-electron chi connectivity index (χ2n) is 5.25. The fourth-order valence-electron chi connectivity index (χ4n) is 2.53. The van der Waals surface area contributed by atoms with E-state index in [2.05, 4.69) is 10.3 Å². The first-order valence-corrected chi connectivity index (χ1v) is 6.91. The smallest absolute Gasteiger partial charge is 0.283 e. The number of halogens is 2. The molecule has 0 bridgehead atoms. The lowest BCUT2D eigenvalue weighted by molar-refractivity contribution is -0.116. The third-order valence-electron chi connectivity index (χ3n) is 3.62. The van der Waals surface area contributed by atoms with Crippen LogP contribution in [-0.2, 0) is 4.79 Å². The number of carbonyl (C=O) groups is 2. The molecule has 0 fully saturated rings. The maximum absolute atomic E-state index is 13.6. The molecule has 1 aromatic carbocycles. The Labute approximate surface area is 130 Å². The van der Waals surface area contributed by atoms with Gasteiger partial charge in [0.1, 0.15) is 17.2 Å². The predicted octanol–water partition coefficient (Wildman–Crippen LogP) is 2.69. The molecule has 1 aliphatic carbocycles. The van der Waals surface area contributed by atoms with Gasteiger partial charge in [-0.15, -0.1) is 0 Å². The van der Waals surface area contributed by atoms with Crippen molar-refractivity contribution < 1.29 is 18.4 Å². The molecule has 1 unspecified atom stereocenters. The van der Waals surface area contributed by atoms with Crippen LogP contribution in [0.1, 0.15) is 17.3 Å². The Morgan fingerprint density at radius 3 is 2.61 bits per heavy atom. The maximum atomic E-state index is 13.6. The van der Waals surface area contributed by atoms with E-state index in [0.29, 0.717) is 5.70 Å². The van der Waals surface area contributed by atoms with Crippen LogP contribution in [0.5, 0.6) is 0 Å². The third kappa shape index (κ3) is 2.88. The van der Waals surface area contributed by atoms with Crippen LogP contribution in [0.3, 0.4) is 0 Å². The van der Waals surface area contributed by atoms with Gasteiger partial charge in [-0.1, -0.05) is 17.7 Å². The van der Waals surface area contributed by atoms with Gasteiger partial charge in [0.25, 0.3) is 5.91 Å². The van der Waals surface area contributed by atoms with Crippen molar-refractivity contribution in [2.24, 2.45) is 10.9 Å². The molecular weight excluding hydrogens is 302 g/mol. The molecule has 2 amide bonds. The first-order chi connectivity index (χ1) is 11.0. The Bertz CT molecular complexity index is 815. The lowest BCUT2D eigenvalue weighted by Crippen LogP contribution is -2.32. The quantitative estimate of drug-likeness (QED) is 0.866. The minimum atomic E-state index is -1.01. The van der Waals surface area contributed by atoms with Crippen molar-refractivity contribution >= 4 is 17.5 Å². The molecule has 1 aliphatic heterocycles. The van der Waals surface area contributed by atoms with Crippen LogP contribution in [-0.4, -0.2) is 17.5 Å². The summed E-state index contributed by atoms with van der Waals surface area (Å²) < 4.78 is 27.2. The van der Waals surface area contributed by atoms with E-state index in [1.54, 1.807) is 12.2 Å². The van der Waals surface area contributed by atoms with Crippen molar-refractivity contribution in [2.45, 2.75) is 6.92 Å². The molecule has 1 heterocycles. The Hall–Kier alpha value is -2.89. The lowest BCUT2D eigenvalue weighted by Gasteiger charge is -2.25.